The molecule has 1 aliphatic heterocycles. The van der Waals surface area contributed by atoms with Crippen molar-refractivity contribution in [2.24, 2.45) is 0 Å². The van der Waals surface area contributed by atoms with Crippen molar-refractivity contribution < 1.29 is 9.53 Å². The monoisotopic (exact) mass is 352 g/mol. The first kappa shape index (κ1) is 18.6. The summed E-state index contributed by atoms with van der Waals surface area (Å²) in [6, 6.07) is 14.5. The molecule has 0 bridgehead atoms. The van der Waals surface area contributed by atoms with E-state index >= 15 is 0 Å². The summed E-state index contributed by atoms with van der Waals surface area (Å²) in [7, 11) is 0. The molecule has 1 atom stereocenters. The maximum absolute atomic E-state index is 12.3. The predicted octanol–water partition coefficient (Wildman–Crippen LogP) is 3.66. The quantitative estimate of drug-likeness (QED) is 0.863. The molecule has 138 valence electrons. The summed E-state index contributed by atoms with van der Waals surface area (Å²) >= 11 is 0. The van der Waals surface area contributed by atoms with E-state index in [1.54, 1.807) is 12.4 Å². The van der Waals surface area contributed by atoms with Crippen molar-refractivity contribution in [2.45, 2.75) is 50.5 Å². The number of hydrogen-bond donors (Lipinski definition) is 1. The number of nitrogens with one attached hydrogen (secondary N) is 1. The number of benzene rings is 1. The van der Waals surface area contributed by atoms with Crippen molar-refractivity contribution in [3.05, 3.63) is 66.0 Å². The second-order valence-electron chi connectivity index (χ2n) is 7.82. The molecule has 4 heteroatoms. The fourth-order valence-electron chi connectivity index (χ4n) is 4.06. The van der Waals surface area contributed by atoms with Crippen molar-refractivity contribution in [3.8, 4) is 0 Å². The molecule has 2 aromatic rings. The van der Waals surface area contributed by atoms with Gasteiger partial charge in [-0.05, 0) is 50.3 Å². The second kappa shape index (κ2) is 8.00. The van der Waals surface area contributed by atoms with Crippen LogP contribution in [0.3, 0.4) is 0 Å². The first-order chi connectivity index (χ1) is 12.5. The third-order valence-electron chi connectivity index (χ3n) is 5.24. The van der Waals surface area contributed by atoms with Crippen LogP contribution < -0.4 is 5.32 Å². The van der Waals surface area contributed by atoms with E-state index in [2.05, 4.69) is 54.5 Å². The Morgan fingerprint density at radius 1 is 1.19 bits per heavy atom. The van der Waals surface area contributed by atoms with Crippen LogP contribution in [-0.4, -0.2) is 29.6 Å². The highest BCUT2D eigenvalue weighted by Gasteiger charge is 2.41. The lowest BCUT2D eigenvalue weighted by atomic mass is 9.67. The fraction of sp³-hybridized carbons (Fsp3) is 0.455. The lowest BCUT2D eigenvalue weighted by molar-refractivity contribution is -0.120. The normalized spacial score (nSPS) is 21.9. The van der Waals surface area contributed by atoms with Gasteiger partial charge in [-0.1, -0.05) is 36.4 Å². The van der Waals surface area contributed by atoms with Crippen molar-refractivity contribution in [1.29, 1.82) is 0 Å². The van der Waals surface area contributed by atoms with Gasteiger partial charge in [0.15, 0.2) is 0 Å². The molecule has 0 spiro atoms. The molecule has 1 amide bonds. The average molecular weight is 352 g/mol. The van der Waals surface area contributed by atoms with E-state index in [0.29, 0.717) is 13.0 Å². The highest BCUT2D eigenvalue weighted by Crippen LogP contribution is 2.43. The Balaban J connectivity index is 1.64. The Labute approximate surface area is 156 Å². The zero-order chi connectivity index (χ0) is 18.5. The van der Waals surface area contributed by atoms with Crippen LogP contribution in [0.1, 0.15) is 44.2 Å². The van der Waals surface area contributed by atoms with E-state index in [-0.39, 0.29) is 16.9 Å². The summed E-state index contributed by atoms with van der Waals surface area (Å²) in [5.41, 5.74) is 2.19. The molecule has 0 aliphatic carbocycles. The number of ether oxygens (including phenoxy) is 1. The van der Waals surface area contributed by atoms with Gasteiger partial charge in [-0.2, -0.15) is 0 Å². The molecule has 0 saturated carbocycles. The standard InChI is InChI=1S/C22H28N2O2/c1-21(2)17-22(11-14-26-21,19-8-4-3-5-9-19)10-13-24-20(25)15-18-7-6-12-23-16-18/h3-9,12,16H,10-11,13-15,17H2,1-2H3,(H,24,25)/t22-/m0/s1. The molecule has 4 nitrogen and oxygen atoms in total. The van der Waals surface area contributed by atoms with Crippen LogP contribution in [0.5, 0.6) is 0 Å². The first-order valence-corrected chi connectivity index (χ1v) is 9.34. The molecule has 2 heterocycles. The topological polar surface area (TPSA) is 51.2 Å². The molecule has 1 aromatic carbocycles. The Morgan fingerprint density at radius 2 is 2.00 bits per heavy atom. The maximum Gasteiger partial charge on any atom is 0.224 e. The van der Waals surface area contributed by atoms with Gasteiger partial charge in [-0.3, -0.25) is 9.78 Å². The van der Waals surface area contributed by atoms with E-state index in [9.17, 15) is 4.79 Å². The van der Waals surface area contributed by atoms with Gasteiger partial charge in [0, 0.05) is 31.0 Å². The van der Waals surface area contributed by atoms with E-state index in [1.165, 1.54) is 5.56 Å². The van der Waals surface area contributed by atoms with Gasteiger partial charge in [0.2, 0.25) is 5.91 Å². The molecule has 26 heavy (non-hydrogen) atoms. The summed E-state index contributed by atoms with van der Waals surface area (Å²) < 4.78 is 5.95. The molecule has 1 N–H and O–H groups in total. The summed E-state index contributed by atoms with van der Waals surface area (Å²) in [4.78, 5) is 16.3. The van der Waals surface area contributed by atoms with Crippen molar-refractivity contribution >= 4 is 5.91 Å². The van der Waals surface area contributed by atoms with Crippen molar-refractivity contribution in [2.75, 3.05) is 13.2 Å². The minimum absolute atomic E-state index is 0.0462. The highest BCUT2D eigenvalue weighted by atomic mass is 16.5. The first-order valence-electron chi connectivity index (χ1n) is 9.34. The zero-order valence-electron chi connectivity index (χ0n) is 15.7. The van der Waals surface area contributed by atoms with E-state index in [0.717, 1.165) is 31.4 Å². The Bertz CT molecular complexity index is 715. The van der Waals surface area contributed by atoms with Gasteiger partial charge >= 0.3 is 0 Å². The van der Waals surface area contributed by atoms with Crippen LogP contribution in [0.4, 0.5) is 0 Å². The third-order valence-corrected chi connectivity index (χ3v) is 5.24. The predicted molar refractivity (Wildman–Crippen MR) is 103 cm³/mol. The van der Waals surface area contributed by atoms with Crippen LogP contribution in [-0.2, 0) is 21.4 Å². The number of amides is 1. The van der Waals surface area contributed by atoms with Crippen LogP contribution >= 0.6 is 0 Å². The maximum atomic E-state index is 12.3. The van der Waals surface area contributed by atoms with Crippen LogP contribution in [0.15, 0.2) is 54.9 Å². The van der Waals surface area contributed by atoms with Crippen LogP contribution in [0, 0.1) is 0 Å². The molecule has 3 rings (SSSR count). The second-order valence-corrected chi connectivity index (χ2v) is 7.82. The summed E-state index contributed by atoms with van der Waals surface area (Å²) in [5, 5.41) is 3.09. The molecule has 1 aromatic heterocycles. The smallest absolute Gasteiger partial charge is 0.224 e. The van der Waals surface area contributed by atoms with Crippen molar-refractivity contribution in [1.82, 2.24) is 10.3 Å². The molecule has 1 saturated heterocycles. The van der Waals surface area contributed by atoms with E-state index < -0.39 is 0 Å². The Hall–Kier alpha value is -2.20. The van der Waals surface area contributed by atoms with Crippen LogP contribution in [0.25, 0.3) is 0 Å². The number of nitrogens with zero attached hydrogens (tertiary/aromatic N) is 1. The Kier molecular flexibility index (Phi) is 5.72. The molecular formula is C22H28N2O2. The number of aromatic nitrogens is 1. The van der Waals surface area contributed by atoms with Crippen LogP contribution in [0.2, 0.25) is 0 Å². The summed E-state index contributed by atoms with van der Waals surface area (Å²) in [6.45, 7) is 5.74. The molecule has 0 radical (unpaired) electrons. The zero-order valence-corrected chi connectivity index (χ0v) is 15.7. The van der Waals surface area contributed by atoms with E-state index in [1.807, 2.05) is 12.1 Å². The number of pyridine rings is 1. The van der Waals surface area contributed by atoms with Gasteiger partial charge in [0.25, 0.3) is 0 Å². The van der Waals surface area contributed by atoms with Gasteiger partial charge in [0.1, 0.15) is 0 Å². The van der Waals surface area contributed by atoms with Gasteiger partial charge in [0.05, 0.1) is 12.0 Å². The number of carbonyl (C=O) groups excluding carboxylic acids is 1. The molecular weight excluding hydrogens is 324 g/mol. The lowest BCUT2D eigenvalue weighted by Crippen LogP contribution is -2.45. The summed E-state index contributed by atoms with van der Waals surface area (Å²) in [6.07, 6.45) is 6.70. The van der Waals surface area contributed by atoms with Gasteiger partial charge < -0.3 is 10.1 Å². The highest BCUT2D eigenvalue weighted by molar-refractivity contribution is 5.78. The number of carbonyl (C=O) groups is 1. The van der Waals surface area contributed by atoms with Gasteiger partial charge in [-0.15, -0.1) is 0 Å². The SMILES string of the molecule is CC1(C)C[C@@](CCNC(=O)Cc2cccnc2)(c2ccccc2)CCO1. The largest absolute Gasteiger partial charge is 0.376 e. The summed E-state index contributed by atoms with van der Waals surface area (Å²) in [5.74, 6) is 0.0486. The molecule has 1 aliphatic rings. The van der Waals surface area contributed by atoms with Crippen molar-refractivity contribution in [3.63, 3.8) is 0 Å². The molecule has 0 unspecified atom stereocenters. The Morgan fingerprint density at radius 3 is 2.69 bits per heavy atom. The van der Waals surface area contributed by atoms with E-state index in [4.69, 9.17) is 4.74 Å². The fourth-order valence-corrected chi connectivity index (χ4v) is 4.06. The lowest BCUT2D eigenvalue weighted by Gasteiger charge is -2.45. The molecule has 1 fully saturated rings. The average Bonchev–Trinajstić information content (AvgIpc) is 2.62. The number of hydrogen-bond acceptors (Lipinski definition) is 3. The third kappa shape index (κ3) is 4.70. The minimum Gasteiger partial charge on any atom is -0.376 e. The minimum atomic E-state index is -0.145. The van der Waals surface area contributed by atoms with Gasteiger partial charge in [-0.25, -0.2) is 0 Å². The number of rotatable bonds is 6.